The first kappa shape index (κ1) is 24.4. The van der Waals surface area contributed by atoms with Crippen LogP contribution in [0.15, 0.2) is 72.0 Å². The Morgan fingerprint density at radius 1 is 1.06 bits per heavy atom. The number of benzene rings is 2. The molecule has 0 saturated carbocycles. The van der Waals surface area contributed by atoms with Crippen LogP contribution in [0, 0.1) is 10.1 Å². The molecule has 0 fully saturated rings. The Morgan fingerprint density at radius 3 is 2.47 bits per heavy atom. The van der Waals surface area contributed by atoms with Gasteiger partial charge in [0, 0.05) is 25.1 Å². The van der Waals surface area contributed by atoms with E-state index in [0.717, 1.165) is 5.56 Å². The molecule has 1 aliphatic heterocycles. The Bertz CT molecular complexity index is 1150. The molecule has 34 heavy (non-hydrogen) atoms. The number of aliphatic carboxylic acids is 1. The number of allylic oxidation sites excluding steroid dienone is 1. The number of aliphatic hydroxyl groups is 1. The van der Waals surface area contributed by atoms with Gasteiger partial charge in [-0.15, -0.1) is 0 Å². The second-order valence-electron chi connectivity index (χ2n) is 7.83. The second-order valence-corrected chi connectivity index (χ2v) is 7.83. The zero-order valence-corrected chi connectivity index (χ0v) is 18.3. The molecule has 0 spiro atoms. The van der Waals surface area contributed by atoms with Crippen LogP contribution in [0.4, 0.5) is 5.69 Å². The SMILES string of the molecule is O=C(O)CCCCCN1C(=O)C(O)=C(C(=O)C=Cc2ccccc2)C1c1cccc([N+](=O)[O-])c1. The zero-order valence-electron chi connectivity index (χ0n) is 18.3. The summed E-state index contributed by atoms with van der Waals surface area (Å²) in [5, 5.41) is 30.7. The number of carbonyl (C=O) groups excluding carboxylic acids is 2. The number of carboxylic acids is 1. The number of hydrogen-bond acceptors (Lipinski definition) is 6. The Balaban J connectivity index is 1.91. The first-order chi connectivity index (χ1) is 16.3. The van der Waals surface area contributed by atoms with Crippen molar-refractivity contribution < 1.29 is 29.5 Å². The van der Waals surface area contributed by atoms with Crippen molar-refractivity contribution >= 4 is 29.4 Å². The van der Waals surface area contributed by atoms with Crippen LogP contribution in [-0.2, 0) is 14.4 Å². The predicted octanol–water partition coefficient (Wildman–Crippen LogP) is 4.22. The molecule has 2 N–H and O–H groups in total. The molecule has 9 nitrogen and oxygen atoms in total. The van der Waals surface area contributed by atoms with Crippen LogP contribution in [-0.4, -0.2) is 44.2 Å². The van der Waals surface area contributed by atoms with Crippen molar-refractivity contribution in [2.24, 2.45) is 0 Å². The average molecular weight is 464 g/mol. The van der Waals surface area contributed by atoms with Gasteiger partial charge in [0.15, 0.2) is 11.5 Å². The normalized spacial score (nSPS) is 15.8. The summed E-state index contributed by atoms with van der Waals surface area (Å²) in [4.78, 5) is 48.7. The molecule has 2 aromatic rings. The third kappa shape index (κ3) is 5.74. The molecule has 1 heterocycles. The van der Waals surface area contributed by atoms with Crippen LogP contribution in [0.2, 0.25) is 0 Å². The average Bonchev–Trinajstić information content (AvgIpc) is 3.08. The molecular weight excluding hydrogens is 440 g/mol. The lowest BCUT2D eigenvalue weighted by atomic mass is 9.95. The van der Waals surface area contributed by atoms with E-state index < -0.39 is 34.4 Å². The second kappa shape index (κ2) is 11.0. The maximum atomic E-state index is 13.1. The van der Waals surface area contributed by atoms with E-state index in [0.29, 0.717) is 24.8 Å². The van der Waals surface area contributed by atoms with Crippen molar-refractivity contribution in [2.45, 2.75) is 31.7 Å². The number of nitrogens with zero attached hydrogens (tertiary/aromatic N) is 2. The molecular formula is C25H24N2O7. The quantitative estimate of drug-likeness (QED) is 0.220. The number of carboxylic acid groups (broad SMARTS) is 1. The number of rotatable bonds is 11. The van der Waals surface area contributed by atoms with Crippen molar-refractivity contribution in [3.63, 3.8) is 0 Å². The molecule has 1 amide bonds. The molecule has 9 heteroatoms. The van der Waals surface area contributed by atoms with Crippen LogP contribution < -0.4 is 0 Å². The van der Waals surface area contributed by atoms with Crippen molar-refractivity contribution in [1.29, 1.82) is 0 Å². The number of ketones is 1. The van der Waals surface area contributed by atoms with Crippen molar-refractivity contribution in [3.05, 3.63) is 93.2 Å². The highest BCUT2D eigenvalue weighted by Crippen LogP contribution is 2.39. The highest BCUT2D eigenvalue weighted by Gasteiger charge is 2.42. The monoisotopic (exact) mass is 464 g/mol. The number of unbranched alkanes of at least 4 members (excludes halogenated alkanes) is 2. The van der Waals surface area contributed by atoms with Crippen LogP contribution in [0.25, 0.3) is 6.08 Å². The van der Waals surface area contributed by atoms with Crippen molar-refractivity contribution in [1.82, 2.24) is 4.90 Å². The van der Waals surface area contributed by atoms with Gasteiger partial charge in [-0.25, -0.2) is 0 Å². The fourth-order valence-corrected chi connectivity index (χ4v) is 3.85. The highest BCUT2D eigenvalue weighted by atomic mass is 16.6. The van der Waals surface area contributed by atoms with Gasteiger partial charge in [-0.1, -0.05) is 55.0 Å². The fraction of sp³-hybridized carbons (Fsp3) is 0.240. The van der Waals surface area contributed by atoms with Crippen LogP contribution in [0.3, 0.4) is 0 Å². The van der Waals surface area contributed by atoms with Gasteiger partial charge in [0.05, 0.1) is 16.5 Å². The molecule has 0 radical (unpaired) electrons. The third-order valence-corrected chi connectivity index (χ3v) is 5.48. The van der Waals surface area contributed by atoms with Crippen molar-refractivity contribution in [3.8, 4) is 0 Å². The summed E-state index contributed by atoms with van der Waals surface area (Å²) in [7, 11) is 0. The summed E-state index contributed by atoms with van der Waals surface area (Å²) in [6.45, 7) is 0.148. The minimum Gasteiger partial charge on any atom is -0.503 e. The number of nitro groups is 1. The summed E-state index contributed by atoms with van der Waals surface area (Å²) in [5.41, 5.74) is 0.726. The highest BCUT2D eigenvalue weighted by molar-refractivity contribution is 6.14. The first-order valence-corrected chi connectivity index (χ1v) is 10.8. The largest absolute Gasteiger partial charge is 0.503 e. The molecule has 1 atom stereocenters. The third-order valence-electron chi connectivity index (χ3n) is 5.48. The number of nitro benzene ring substituents is 1. The lowest BCUT2D eigenvalue weighted by molar-refractivity contribution is -0.384. The molecule has 0 bridgehead atoms. The van der Waals surface area contributed by atoms with E-state index in [-0.39, 0.29) is 24.2 Å². The molecule has 3 rings (SSSR count). The summed E-state index contributed by atoms with van der Waals surface area (Å²) in [6, 6.07) is 13.6. The number of carbonyl (C=O) groups is 3. The number of hydrogen-bond donors (Lipinski definition) is 2. The maximum Gasteiger partial charge on any atom is 0.303 e. The van der Waals surface area contributed by atoms with Gasteiger partial charge in [-0.3, -0.25) is 24.5 Å². The summed E-state index contributed by atoms with van der Waals surface area (Å²) in [5.74, 6) is -2.93. The van der Waals surface area contributed by atoms with E-state index in [1.54, 1.807) is 36.4 Å². The molecule has 0 saturated heterocycles. The number of non-ortho nitro benzene ring substituents is 1. The lowest BCUT2D eigenvalue weighted by Gasteiger charge is -2.26. The van der Waals surface area contributed by atoms with Crippen LogP contribution in [0.5, 0.6) is 0 Å². The van der Waals surface area contributed by atoms with Gasteiger partial charge < -0.3 is 15.1 Å². The van der Waals surface area contributed by atoms with Gasteiger partial charge in [-0.05, 0) is 30.0 Å². The topological polar surface area (TPSA) is 138 Å². The predicted molar refractivity (Wildman–Crippen MR) is 124 cm³/mol. The van der Waals surface area contributed by atoms with E-state index in [1.165, 1.54) is 29.2 Å². The van der Waals surface area contributed by atoms with E-state index in [1.807, 2.05) is 6.07 Å². The Hall–Kier alpha value is -4.27. The lowest BCUT2D eigenvalue weighted by Crippen LogP contribution is -2.32. The van der Waals surface area contributed by atoms with Gasteiger partial charge in [0.2, 0.25) is 0 Å². The standard InChI is InChI=1S/C25H24N2O7/c28-20(14-13-17-8-3-1-4-9-17)22-23(18-10-7-11-19(16-18)27(33)34)26(25(32)24(22)31)15-6-2-5-12-21(29)30/h1,3-4,7-11,13-14,16,23,31H,2,5-6,12,15H2,(H,29,30). The van der Waals surface area contributed by atoms with Crippen LogP contribution >= 0.6 is 0 Å². The summed E-state index contributed by atoms with van der Waals surface area (Å²) in [6.07, 6.45) is 4.21. The Labute approximate surface area is 195 Å². The maximum absolute atomic E-state index is 13.1. The zero-order chi connectivity index (χ0) is 24.7. The number of amides is 1. The molecule has 0 aliphatic carbocycles. The minimum atomic E-state index is -1.00. The molecule has 1 unspecified atom stereocenters. The fourth-order valence-electron chi connectivity index (χ4n) is 3.85. The first-order valence-electron chi connectivity index (χ1n) is 10.8. The molecule has 2 aromatic carbocycles. The van der Waals surface area contributed by atoms with Gasteiger partial charge in [0.25, 0.3) is 11.6 Å². The van der Waals surface area contributed by atoms with E-state index in [2.05, 4.69) is 0 Å². The number of aliphatic hydroxyl groups excluding tert-OH is 1. The molecule has 1 aliphatic rings. The van der Waals surface area contributed by atoms with Gasteiger partial charge in [0.1, 0.15) is 0 Å². The molecule has 176 valence electrons. The smallest absolute Gasteiger partial charge is 0.303 e. The summed E-state index contributed by atoms with van der Waals surface area (Å²) >= 11 is 0. The van der Waals surface area contributed by atoms with Gasteiger partial charge in [-0.2, -0.15) is 0 Å². The van der Waals surface area contributed by atoms with E-state index >= 15 is 0 Å². The van der Waals surface area contributed by atoms with Crippen molar-refractivity contribution in [2.75, 3.05) is 6.54 Å². The van der Waals surface area contributed by atoms with Gasteiger partial charge >= 0.3 is 5.97 Å². The minimum absolute atomic E-state index is 0.000227. The Kier molecular flexibility index (Phi) is 7.92. The van der Waals surface area contributed by atoms with E-state index in [4.69, 9.17) is 5.11 Å². The molecule has 0 aromatic heterocycles. The van der Waals surface area contributed by atoms with E-state index in [9.17, 15) is 29.6 Å². The summed E-state index contributed by atoms with van der Waals surface area (Å²) < 4.78 is 0. The Morgan fingerprint density at radius 2 is 1.79 bits per heavy atom. The van der Waals surface area contributed by atoms with Crippen LogP contribution in [0.1, 0.15) is 42.9 Å².